The first-order valence-corrected chi connectivity index (χ1v) is 49.3. The summed E-state index contributed by atoms with van der Waals surface area (Å²) in [5, 5.41) is 20.8. The van der Waals surface area contributed by atoms with Crippen LogP contribution in [0.2, 0.25) is 0 Å². The molecule has 21 aromatic carbocycles. The van der Waals surface area contributed by atoms with Crippen LogP contribution in [0.4, 0.5) is 0 Å². The minimum absolute atomic E-state index is 0.144. The molecule has 0 saturated carbocycles. The molecule has 5 nitrogen and oxygen atoms in total. The molecule has 0 fully saturated rings. The molecule has 5 heterocycles. The van der Waals surface area contributed by atoms with Gasteiger partial charge in [0, 0.05) is 137 Å². The second-order valence-corrected chi connectivity index (χ2v) is 39.4. The number of benzene rings is 21. The van der Waals surface area contributed by atoms with Crippen LogP contribution in [0.15, 0.2) is 449 Å². The van der Waals surface area contributed by atoms with Crippen molar-refractivity contribution in [2.24, 2.45) is 0 Å². The number of H-pyrrole nitrogens is 5. The highest BCUT2D eigenvalue weighted by Crippen LogP contribution is 2.54. The zero-order chi connectivity index (χ0) is 95.1. The number of rotatable bonds is 11. The number of hydrogen-bond donors (Lipinski definition) is 5. The zero-order valence-corrected chi connectivity index (χ0v) is 80.9. The number of fused-ring (bicyclic) bond motifs is 21. The van der Waals surface area contributed by atoms with Gasteiger partial charge in [-0.25, -0.2) is 0 Å². The molecule has 0 amide bonds. The van der Waals surface area contributed by atoms with Crippen molar-refractivity contribution in [3.8, 4) is 11.1 Å². The fourth-order valence-electron chi connectivity index (χ4n) is 22.9. The second kappa shape index (κ2) is 35.8. The minimum Gasteiger partial charge on any atom is -0.355 e. The molecule has 26 aromatic rings. The van der Waals surface area contributed by atoms with E-state index in [0.29, 0.717) is 11.8 Å². The Morgan fingerprint density at radius 1 is 0.207 bits per heavy atom. The van der Waals surface area contributed by atoms with E-state index in [4.69, 9.17) is 0 Å². The van der Waals surface area contributed by atoms with Crippen molar-refractivity contribution in [2.45, 2.75) is 97.3 Å². The molecule has 676 valence electrons. The summed E-state index contributed by atoms with van der Waals surface area (Å²) in [5.74, 6) is 0.751. The van der Waals surface area contributed by atoms with Crippen molar-refractivity contribution in [1.29, 1.82) is 0 Å². The third-order valence-corrected chi connectivity index (χ3v) is 30.7. The summed E-state index contributed by atoms with van der Waals surface area (Å²) in [5.41, 5.74) is 37.9. The van der Waals surface area contributed by atoms with Gasteiger partial charge in [-0.3, -0.25) is 0 Å². The van der Waals surface area contributed by atoms with E-state index in [9.17, 15) is 0 Å². The highest BCUT2D eigenvalue weighted by atomic mass is 14.7. The lowest BCUT2D eigenvalue weighted by atomic mass is 9.68. The number of nitrogens with one attached hydrogen (secondary N) is 5. The highest BCUT2D eigenvalue weighted by Gasteiger charge is 2.41. The molecule has 140 heavy (non-hydrogen) atoms. The van der Waals surface area contributed by atoms with Crippen LogP contribution in [0.5, 0.6) is 0 Å². The van der Waals surface area contributed by atoms with E-state index in [2.05, 4.69) is 543 Å². The fraction of sp³-hybridized carbons (Fsp3) is 0.111. The van der Waals surface area contributed by atoms with Crippen LogP contribution in [0.1, 0.15) is 147 Å². The summed E-state index contributed by atoms with van der Waals surface area (Å²) in [6.45, 7) is 22.5. The van der Waals surface area contributed by atoms with Gasteiger partial charge in [-0.05, 0) is 292 Å². The van der Waals surface area contributed by atoms with Crippen LogP contribution in [0.25, 0.3) is 152 Å². The van der Waals surface area contributed by atoms with E-state index >= 15 is 0 Å². The first-order valence-electron chi connectivity index (χ1n) is 49.3. The Hall–Kier alpha value is -16.6. The Kier molecular flexibility index (Phi) is 22.4. The molecule has 2 atom stereocenters. The van der Waals surface area contributed by atoms with Crippen LogP contribution in [0, 0.1) is 34.6 Å². The third-order valence-electron chi connectivity index (χ3n) is 30.7. The molecule has 1 aliphatic carbocycles. The predicted molar refractivity (Wildman–Crippen MR) is 597 cm³/mol. The van der Waals surface area contributed by atoms with Gasteiger partial charge >= 0.3 is 0 Å². The molecule has 0 spiro atoms. The molecule has 0 aliphatic heterocycles. The van der Waals surface area contributed by atoms with Gasteiger partial charge < -0.3 is 24.9 Å². The second-order valence-electron chi connectivity index (χ2n) is 39.4. The molecular weight excluding hydrogens is 1690 g/mol. The lowest BCUT2D eigenvalue weighted by Crippen LogP contribution is -2.26. The molecule has 0 bridgehead atoms. The van der Waals surface area contributed by atoms with Crippen molar-refractivity contribution in [3.05, 3.63) is 549 Å². The molecule has 0 radical (unpaired) electrons. The molecule has 5 N–H and O–H groups in total. The van der Waals surface area contributed by atoms with Crippen LogP contribution < -0.4 is 0 Å². The van der Waals surface area contributed by atoms with Gasteiger partial charge in [-0.1, -0.05) is 369 Å². The first-order chi connectivity index (χ1) is 68.4. The van der Waals surface area contributed by atoms with Gasteiger partial charge in [0.05, 0.1) is 0 Å². The third kappa shape index (κ3) is 15.6. The SMILES string of the molecule is Cc1ccc2[nH]c3ccc(C(C)(c4cccc5ccccc45)c4cccc5ccccc45)cc3c2c1.Cc1ccc2[nH]c3ccc(C(C)(c4ccccc4)c4ccccc4)cc3c2c1.Cc1ccc2[nH]c3ccc(C(C)c4cccc5ccccc45)cc3c2c1.Cc1ccc2[nH]c3ccc(C(C)c4ccccc4)cc3c2c1.Cc1ccc2[nH]c3ccc(C4(C)c5ccccc5-c5ccccc54)cc3c2c1. The maximum absolute atomic E-state index is 3.62. The average Bonchev–Trinajstić information content (AvgIpc) is 1.60. The summed E-state index contributed by atoms with van der Waals surface area (Å²) < 4.78 is 0. The molecule has 27 rings (SSSR count). The predicted octanol–water partition coefficient (Wildman–Crippen LogP) is 36.0. The molecule has 0 saturated heterocycles. The van der Waals surface area contributed by atoms with Gasteiger partial charge in [0.1, 0.15) is 0 Å². The molecular formula is C135H111N5. The minimum atomic E-state index is -0.358. The van der Waals surface area contributed by atoms with Crippen LogP contribution in [-0.4, -0.2) is 24.9 Å². The topological polar surface area (TPSA) is 78.9 Å². The lowest BCUT2D eigenvalue weighted by Gasteiger charge is -2.34. The van der Waals surface area contributed by atoms with Crippen molar-refractivity contribution in [1.82, 2.24) is 24.9 Å². The fourth-order valence-corrected chi connectivity index (χ4v) is 22.9. The van der Waals surface area contributed by atoms with E-state index in [1.165, 1.54) is 253 Å². The zero-order valence-electron chi connectivity index (χ0n) is 80.9. The Morgan fingerprint density at radius 3 is 0.914 bits per heavy atom. The van der Waals surface area contributed by atoms with Crippen molar-refractivity contribution < 1.29 is 0 Å². The smallest absolute Gasteiger partial charge is 0.0465 e. The molecule has 1 aliphatic rings. The van der Waals surface area contributed by atoms with Crippen LogP contribution >= 0.6 is 0 Å². The van der Waals surface area contributed by atoms with Crippen LogP contribution in [0.3, 0.4) is 0 Å². The van der Waals surface area contributed by atoms with E-state index in [1.54, 1.807) is 0 Å². The number of aromatic amines is 5. The summed E-state index contributed by atoms with van der Waals surface area (Å²) in [6, 6.07) is 164. The van der Waals surface area contributed by atoms with Gasteiger partial charge in [0.25, 0.3) is 0 Å². The summed E-state index contributed by atoms with van der Waals surface area (Å²) in [6.07, 6.45) is 0. The first kappa shape index (κ1) is 87.4. The van der Waals surface area contributed by atoms with Crippen molar-refractivity contribution >= 4 is 141 Å². The molecule has 5 heteroatoms. The summed E-state index contributed by atoms with van der Waals surface area (Å²) in [4.78, 5) is 17.8. The van der Waals surface area contributed by atoms with Gasteiger partial charge in [-0.2, -0.15) is 0 Å². The normalized spacial score (nSPS) is 12.8. The van der Waals surface area contributed by atoms with Gasteiger partial charge in [0.15, 0.2) is 0 Å². The number of aryl methyl sites for hydroxylation is 5. The lowest BCUT2D eigenvalue weighted by molar-refractivity contribution is 0.694. The highest BCUT2D eigenvalue weighted by molar-refractivity contribution is 6.12. The maximum Gasteiger partial charge on any atom is 0.0465 e. The molecule has 2 unspecified atom stereocenters. The maximum atomic E-state index is 3.62. The van der Waals surface area contributed by atoms with Crippen molar-refractivity contribution in [2.75, 3.05) is 0 Å². The Bertz CT molecular complexity index is 8930. The molecule has 5 aromatic heterocycles. The van der Waals surface area contributed by atoms with Gasteiger partial charge in [-0.15, -0.1) is 0 Å². The quantitative estimate of drug-likeness (QED) is 0.0801. The summed E-state index contributed by atoms with van der Waals surface area (Å²) in [7, 11) is 0. The average molecular weight is 1800 g/mol. The van der Waals surface area contributed by atoms with E-state index in [-0.39, 0.29) is 16.2 Å². The Labute approximate surface area is 818 Å². The van der Waals surface area contributed by atoms with E-state index in [1.807, 2.05) is 0 Å². The number of hydrogen-bond acceptors (Lipinski definition) is 0. The Morgan fingerprint density at radius 2 is 0.500 bits per heavy atom. The van der Waals surface area contributed by atoms with E-state index in [0.717, 1.165) is 0 Å². The van der Waals surface area contributed by atoms with Crippen LogP contribution in [-0.2, 0) is 16.2 Å². The number of aromatic nitrogens is 5. The largest absolute Gasteiger partial charge is 0.355 e. The Balaban J connectivity index is 0.0000000985. The summed E-state index contributed by atoms with van der Waals surface area (Å²) >= 11 is 0. The van der Waals surface area contributed by atoms with Gasteiger partial charge in [0.2, 0.25) is 0 Å². The monoisotopic (exact) mass is 1800 g/mol. The van der Waals surface area contributed by atoms with E-state index < -0.39 is 0 Å². The van der Waals surface area contributed by atoms with Crippen molar-refractivity contribution in [3.63, 3.8) is 0 Å². The standard InChI is InChI=1S/C35H27N.C27H21N.C27H23N.C25H21N.C21H19N/c1-23-17-19-33-29(21-23)30-22-26(18-20-34(30)36-33)35(2,31-15-7-11-24-9-3-5-13-27(24)31)32-16-8-12-25-10-4-6-14-28(25)32;1-17-11-13-25-21(15-17)22-16-18(12-14-26(22)28-25)27(2)23-9-5-3-7-19(23)20-8-4-6-10-24(20)27;1-19-13-15-25-23(17-19)24-18-22(14-16-26(24)28-25)27(2,20-9-5-3-6-10-20)21-11-7-4-8-12-21;1-16-10-12-24-22(14-16)23-15-19(11-13-25(23)26-24)17(2)20-9-5-7-18-6-3-4-8-21(18)20;1-14-8-10-20-18(12-14)19-13-17(9-11-21(19)22-20)15(2)16-6-4-3-5-7-16/h3-22,36H,1-2H3;3-16,28H,1-2H3;3-18,28H,1-2H3;3-15,17,26H,1-2H3;3-13,15,22H,1-2H3.